The Morgan fingerprint density at radius 3 is 2.12 bits per heavy atom. The van der Waals surface area contributed by atoms with Crippen molar-refractivity contribution in [3.05, 3.63) is 58.2 Å². The average Bonchev–Trinajstić information content (AvgIpc) is 2.61. The molecule has 0 aliphatic rings. The highest BCUT2D eigenvalue weighted by atomic mass is 19.2. The van der Waals surface area contributed by atoms with E-state index in [1.807, 2.05) is 0 Å². The van der Waals surface area contributed by atoms with Gasteiger partial charge in [-0.1, -0.05) is 0 Å². The van der Waals surface area contributed by atoms with Gasteiger partial charge in [-0.15, -0.1) is 0 Å². The summed E-state index contributed by atoms with van der Waals surface area (Å²) in [6, 6.07) is 4.98. The van der Waals surface area contributed by atoms with E-state index in [1.165, 1.54) is 12.1 Å². The zero-order valence-electron chi connectivity index (χ0n) is 12.4. The molecule has 0 amide bonds. The van der Waals surface area contributed by atoms with E-state index in [9.17, 15) is 22.4 Å². The second-order valence-corrected chi connectivity index (χ2v) is 4.48. The monoisotopic (exact) mass is 350 g/mol. The lowest BCUT2D eigenvalue weighted by Crippen LogP contribution is -2.05. The SMILES string of the molecule is COC(=O)c1ccc(Oc2c(F)c(F)c(C#N)c(C#N)c2F)c(F)c1. The number of ether oxygens (including phenoxy) is 2. The maximum atomic E-state index is 14.1. The first kappa shape index (κ1) is 17.8. The highest BCUT2D eigenvalue weighted by Gasteiger charge is 2.27. The van der Waals surface area contributed by atoms with Crippen molar-refractivity contribution in [2.24, 2.45) is 0 Å². The molecule has 0 unspecified atom stereocenters. The van der Waals surface area contributed by atoms with Gasteiger partial charge in [0.1, 0.15) is 23.3 Å². The van der Waals surface area contributed by atoms with Gasteiger partial charge >= 0.3 is 5.97 Å². The molecule has 5 nitrogen and oxygen atoms in total. The first-order chi connectivity index (χ1) is 11.8. The van der Waals surface area contributed by atoms with E-state index in [0.29, 0.717) is 6.07 Å². The normalized spacial score (nSPS) is 9.88. The maximum Gasteiger partial charge on any atom is 0.337 e. The zero-order chi connectivity index (χ0) is 18.7. The van der Waals surface area contributed by atoms with E-state index in [1.54, 1.807) is 0 Å². The van der Waals surface area contributed by atoms with Crippen molar-refractivity contribution < 1.29 is 31.8 Å². The third-order valence-electron chi connectivity index (χ3n) is 3.07. The average molecular weight is 350 g/mol. The van der Waals surface area contributed by atoms with E-state index < -0.39 is 51.9 Å². The van der Waals surface area contributed by atoms with Crippen LogP contribution in [-0.2, 0) is 4.74 Å². The van der Waals surface area contributed by atoms with E-state index in [4.69, 9.17) is 10.5 Å². The molecule has 2 aromatic carbocycles. The summed E-state index contributed by atoms with van der Waals surface area (Å²) in [6.07, 6.45) is 0. The zero-order valence-corrected chi connectivity index (χ0v) is 12.4. The number of hydrogen-bond donors (Lipinski definition) is 0. The predicted octanol–water partition coefficient (Wildman–Crippen LogP) is 3.57. The van der Waals surface area contributed by atoms with Crippen LogP contribution in [0.25, 0.3) is 0 Å². The number of benzene rings is 2. The molecule has 0 bridgehead atoms. The van der Waals surface area contributed by atoms with E-state index >= 15 is 0 Å². The summed E-state index contributed by atoms with van der Waals surface area (Å²) in [7, 11) is 1.07. The molecule has 0 aromatic heterocycles. The Morgan fingerprint density at radius 2 is 1.60 bits per heavy atom. The summed E-state index contributed by atoms with van der Waals surface area (Å²) in [5.74, 6) is -9.54. The molecular formula is C16H6F4N2O3. The molecule has 9 heteroatoms. The minimum absolute atomic E-state index is 0.197. The van der Waals surface area contributed by atoms with Crippen LogP contribution < -0.4 is 4.74 Å². The molecular weight excluding hydrogens is 344 g/mol. The summed E-state index contributed by atoms with van der Waals surface area (Å²) in [6.45, 7) is 0. The van der Waals surface area contributed by atoms with E-state index in [2.05, 4.69) is 9.47 Å². The number of nitriles is 2. The Hall–Kier alpha value is -3.59. The molecule has 0 saturated carbocycles. The summed E-state index contributed by atoms with van der Waals surface area (Å²) in [5.41, 5.74) is -2.41. The highest BCUT2D eigenvalue weighted by Crippen LogP contribution is 2.34. The van der Waals surface area contributed by atoms with Crippen LogP contribution in [0.4, 0.5) is 17.6 Å². The smallest absolute Gasteiger partial charge is 0.337 e. The van der Waals surface area contributed by atoms with Crippen LogP contribution in [-0.4, -0.2) is 13.1 Å². The molecule has 0 aliphatic carbocycles. The molecule has 0 fully saturated rings. The van der Waals surface area contributed by atoms with Gasteiger partial charge < -0.3 is 9.47 Å². The molecule has 0 spiro atoms. The fourth-order valence-electron chi connectivity index (χ4n) is 1.88. The van der Waals surface area contributed by atoms with Crippen LogP contribution in [0.2, 0.25) is 0 Å². The molecule has 0 N–H and O–H groups in total. The minimum atomic E-state index is -1.90. The molecule has 2 rings (SSSR count). The third-order valence-corrected chi connectivity index (χ3v) is 3.07. The van der Waals surface area contributed by atoms with Gasteiger partial charge in [0.05, 0.1) is 12.7 Å². The van der Waals surface area contributed by atoms with Gasteiger partial charge in [-0.25, -0.2) is 18.0 Å². The van der Waals surface area contributed by atoms with Gasteiger partial charge in [-0.05, 0) is 18.2 Å². The van der Waals surface area contributed by atoms with Crippen molar-refractivity contribution in [2.45, 2.75) is 0 Å². The molecule has 126 valence electrons. The van der Waals surface area contributed by atoms with Crippen molar-refractivity contribution in [3.8, 4) is 23.6 Å². The number of hydrogen-bond acceptors (Lipinski definition) is 5. The largest absolute Gasteiger partial charge is 0.465 e. The second-order valence-electron chi connectivity index (χ2n) is 4.48. The molecule has 25 heavy (non-hydrogen) atoms. The second kappa shape index (κ2) is 6.89. The van der Waals surface area contributed by atoms with Crippen molar-refractivity contribution in [1.29, 1.82) is 10.5 Å². The van der Waals surface area contributed by atoms with Crippen LogP contribution in [0.15, 0.2) is 18.2 Å². The number of carbonyl (C=O) groups excluding carboxylic acids is 1. The van der Waals surface area contributed by atoms with Gasteiger partial charge in [0, 0.05) is 0 Å². The number of nitrogens with zero attached hydrogens (tertiary/aromatic N) is 2. The van der Waals surface area contributed by atoms with E-state index in [-0.39, 0.29) is 5.56 Å². The summed E-state index contributed by atoms with van der Waals surface area (Å²) >= 11 is 0. The van der Waals surface area contributed by atoms with Gasteiger partial charge in [-0.2, -0.15) is 14.9 Å². The Balaban J connectivity index is 2.56. The first-order valence-corrected chi connectivity index (χ1v) is 6.42. The quantitative estimate of drug-likeness (QED) is 0.480. The lowest BCUT2D eigenvalue weighted by Gasteiger charge is -2.11. The summed E-state index contributed by atoms with van der Waals surface area (Å²) < 4.78 is 64.8. The number of methoxy groups -OCH3 is 1. The third kappa shape index (κ3) is 3.08. The van der Waals surface area contributed by atoms with Crippen molar-refractivity contribution in [3.63, 3.8) is 0 Å². The molecule has 0 saturated heterocycles. The predicted molar refractivity (Wildman–Crippen MR) is 73.6 cm³/mol. The van der Waals surface area contributed by atoms with Crippen molar-refractivity contribution in [1.82, 2.24) is 0 Å². The Kier molecular flexibility index (Phi) is 4.89. The van der Waals surface area contributed by atoms with Gasteiger partial charge in [-0.3, -0.25) is 0 Å². The van der Waals surface area contributed by atoms with E-state index in [0.717, 1.165) is 19.2 Å². The van der Waals surface area contributed by atoms with Crippen molar-refractivity contribution >= 4 is 5.97 Å². The molecule has 0 radical (unpaired) electrons. The van der Waals surface area contributed by atoms with Gasteiger partial charge in [0.25, 0.3) is 0 Å². The van der Waals surface area contributed by atoms with Gasteiger partial charge in [0.2, 0.25) is 11.6 Å². The van der Waals surface area contributed by atoms with Crippen LogP contribution in [0.5, 0.6) is 11.5 Å². The lowest BCUT2D eigenvalue weighted by molar-refractivity contribution is 0.0600. The van der Waals surface area contributed by atoms with Crippen LogP contribution in [0.1, 0.15) is 21.5 Å². The Morgan fingerprint density at radius 1 is 1.00 bits per heavy atom. The van der Waals surface area contributed by atoms with Crippen molar-refractivity contribution in [2.75, 3.05) is 7.11 Å². The van der Waals surface area contributed by atoms with Gasteiger partial charge in [0.15, 0.2) is 23.2 Å². The number of rotatable bonds is 3. The lowest BCUT2D eigenvalue weighted by atomic mass is 10.1. The fourth-order valence-corrected chi connectivity index (χ4v) is 1.88. The standard InChI is InChI=1S/C16H6F4N2O3/c1-24-16(23)7-2-3-11(10(17)4-7)25-15-13(19)9(6-22)8(5-21)12(18)14(15)20/h2-4H,1H3. The number of halogens is 4. The highest BCUT2D eigenvalue weighted by molar-refractivity contribution is 5.89. The number of esters is 1. The maximum absolute atomic E-state index is 14.1. The molecule has 0 aliphatic heterocycles. The minimum Gasteiger partial charge on any atom is -0.465 e. The fraction of sp³-hybridized carbons (Fsp3) is 0.0625. The topological polar surface area (TPSA) is 83.1 Å². The summed E-state index contributed by atoms with van der Waals surface area (Å²) in [4.78, 5) is 11.3. The van der Waals surface area contributed by atoms with Crippen LogP contribution >= 0.6 is 0 Å². The summed E-state index contributed by atoms with van der Waals surface area (Å²) in [5, 5.41) is 17.5. The van der Waals surface area contributed by atoms with Crippen LogP contribution in [0, 0.1) is 45.9 Å². The Bertz CT molecular complexity index is 962. The first-order valence-electron chi connectivity index (χ1n) is 6.42. The molecule has 2 aromatic rings. The molecule has 0 heterocycles. The molecule has 0 atom stereocenters. The number of carbonyl (C=O) groups is 1. The van der Waals surface area contributed by atoms with Crippen LogP contribution in [0.3, 0.4) is 0 Å². The Labute approximate surface area is 138 Å².